The van der Waals surface area contributed by atoms with Gasteiger partial charge in [-0.3, -0.25) is 0 Å². The molecule has 0 bridgehead atoms. The highest BCUT2D eigenvalue weighted by Gasteiger charge is 2.09. The van der Waals surface area contributed by atoms with Crippen LogP contribution in [0.4, 0.5) is 10.5 Å². The van der Waals surface area contributed by atoms with Crippen molar-refractivity contribution >= 4 is 29.3 Å². The third kappa shape index (κ3) is 4.22. The van der Waals surface area contributed by atoms with Crippen LogP contribution in [0.2, 0.25) is 5.02 Å². The summed E-state index contributed by atoms with van der Waals surface area (Å²) in [5.74, 6) is -1.08. The number of benzene rings is 2. The molecule has 2 aromatic rings. The average molecular weight is 305 g/mol. The summed E-state index contributed by atoms with van der Waals surface area (Å²) in [4.78, 5) is 22.7. The number of halogens is 1. The zero-order chi connectivity index (χ0) is 15.2. The number of amides is 2. The lowest BCUT2D eigenvalue weighted by Gasteiger charge is -2.09. The molecule has 0 heterocycles. The number of rotatable bonds is 4. The first-order chi connectivity index (χ1) is 10.1. The fraction of sp³-hybridized carbons (Fsp3) is 0.0667. The number of carboxylic acids is 1. The van der Waals surface area contributed by atoms with Gasteiger partial charge >= 0.3 is 12.0 Å². The maximum Gasteiger partial charge on any atom is 0.335 e. The Labute approximate surface area is 126 Å². The molecule has 6 heteroatoms. The first-order valence-electron chi connectivity index (χ1n) is 6.18. The molecule has 0 aliphatic heterocycles. The van der Waals surface area contributed by atoms with Crippen molar-refractivity contribution < 1.29 is 14.7 Å². The van der Waals surface area contributed by atoms with Crippen LogP contribution >= 0.6 is 11.6 Å². The van der Waals surface area contributed by atoms with Gasteiger partial charge in [-0.05, 0) is 23.8 Å². The number of nitrogens with one attached hydrogen (secondary N) is 2. The minimum atomic E-state index is -1.08. The normalized spacial score (nSPS) is 9.95. The third-order valence-electron chi connectivity index (χ3n) is 2.76. The van der Waals surface area contributed by atoms with E-state index in [1.807, 2.05) is 30.3 Å². The van der Waals surface area contributed by atoms with Crippen molar-refractivity contribution in [3.8, 4) is 0 Å². The zero-order valence-corrected chi connectivity index (χ0v) is 11.7. The topological polar surface area (TPSA) is 78.4 Å². The van der Waals surface area contributed by atoms with Gasteiger partial charge in [-0.1, -0.05) is 41.9 Å². The molecule has 3 N–H and O–H groups in total. The maximum atomic E-state index is 11.8. The van der Waals surface area contributed by atoms with Gasteiger partial charge in [0.05, 0.1) is 16.3 Å². The van der Waals surface area contributed by atoms with E-state index >= 15 is 0 Å². The largest absolute Gasteiger partial charge is 0.478 e. The molecule has 108 valence electrons. The Balaban J connectivity index is 1.99. The average Bonchev–Trinajstić information content (AvgIpc) is 2.48. The Morgan fingerprint density at radius 2 is 1.81 bits per heavy atom. The molecule has 0 saturated carbocycles. The molecule has 0 radical (unpaired) electrons. The molecular weight excluding hydrogens is 292 g/mol. The molecule has 0 atom stereocenters. The number of carbonyl (C=O) groups is 2. The minimum Gasteiger partial charge on any atom is -0.478 e. The Morgan fingerprint density at radius 3 is 2.48 bits per heavy atom. The van der Waals surface area contributed by atoms with Crippen molar-refractivity contribution in [2.24, 2.45) is 0 Å². The van der Waals surface area contributed by atoms with Gasteiger partial charge in [0, 0.05) is 6.54 Å². The summed E-state index contributed by atoms with van der Waals surface area (Å²) in [5, 5.41) is 14.4. The van der Waals surface area contributed by atoms with Gasteiger partial charge in [-0.25, -0.2) is 9.59 Å². The first-order valence-corrected chi connectivity index (χ1v) is 6.55. The van der Waals surface area contributed by atoms with Crippen molar-refractivity contribution in [2.75, 3.05) is 5.32 Å². The second-order valence-electron chi connectivity index (χ2n) is 4.29. The Hall–Kier alpha value is -2.53. The van der Waals surface area contributed by atoms with Crippen LogP contribution in [0, 0.1) is 0 Å². The van der Waals surface area contributed by atoms with Gasteiger partial charge in [0.2, 0.25) is 0 Å². The van der Waals surface area contributed by atoms with E-state index in [1.54, 1.807) is 0 Å². The summed E-state index contributed by atoms with van der Waals surface area (Å²) < 4.78 is 0. The molecule has 2 rings (SSSR count). The van der Waals surface area contributed by atoms with Crippen LogP contribution in [0.5, 0.6) is 0 Å². The highest BCUT2D eigenvalue weighted by Crippen LogP contribution is 2.23. The molecule has 0 fully saturated rings. The van der Waals surface area contributed by atoms with Crippen LogP contribution in [-0.4, -0.2) is 17.1 Å². The predicted molar refractivity (Wildman–Crippen MR) is 80.7 cm³/mol. The van der Waals surface area contributed by atoms with E-state index in [2.05, 4.69) is 10.6 Å². The summed E-state index contributed by atoms with van der Waals surface area (Å²) in [7, 11) is 0. The van der Waals surface area contributed by atoms with Gasteiger partial charge in [-0.2, -0.15) is 0 Å². The lowest BCUT2D eigenvalue weighted by Crippen LogP contribution is -2.28. The fourth-order valence-corrected chi connectivity index (χ4v) is 1.86. The highest BCUT2D eigenvalue weighted by molar-refractivity contribution is 6.33. The Bertz CT molecular complexity index is 659. The first kappa shape index (κ1) is 14.9. The minimum absolute atomic E-state index is 0.0535. The standard InChI is InChI=1S/C15H13ClN2O3/c16-12-7-6-11(14(19)20)8-13(12)18-15(21)17-9-10-4-2-1-3-5-10/h1-8H,9H2,(H,19,20)(H2,17,18,21). The number of hydrogen-bond donors (Lipinski definition) is 3. The van der Waals surface area contributed by atoms with E-state index in [4.69, 9.17) is 16.7 Å². The van der Waals surface area contributed by atoms with Gasteiger partial charge in [-0.15, -0.1) is 0 Å². The third-order valence-corrected chi connectivity index (χ3v) is 3.09. The summed E-state index contributed by atoms with van der Waals surface area (Å²) in [6, 6.07) is 13.1. The van der Waals surface area contributed by atoms with E-state index in [1.165, 1.54) is 18.2 Å². The molecule has 0 saturated heterocycles. The molecule has 0 aromatic heterocycles. The van der Waals surface area contributed by atoms with Crippen molar-refractivity contribution in [2.45, 2.75) is 6.54 Å². The van der Waals surface area contributed by atoms with E-state index < -0.39 is 12.0 Å². The predicted octanol–water partition coefficient (Wildman–Crippen LogP) is 3.36. The smallest absolute Gasteiger partial charge is 0.335 e. The van der Waals surface area contributed by atoms with Crippen LogP contribution in [-0.2, 0) is 6.54 Å². The fourth-order valence-electron chi connectivity index (χ4n) is 1.70. The molecular formula is C15H13ClN2O3. The van der Waals surface area contributed by atoms with Crippen molar-refractivity contribution in [3.63, 3.8) is 0 Å². The molecule has 0 unspecified atom stereocenters. The second-order valence-corrected chi connectivity index (χ2v) is 4.70. The maximum absolute atomic E-state index is 11.8. The number of carbonyl (C=O) groups excluding carboxylic acids is 1. The molecule has 0 aliphatic rings. The summed E-state index contributed by atoms with van der Waals surface area (Å²) >= 11 is 5.93. The SMILES string of the molecule is O=C(NCc1ccccc1)Nc1cc(C(=O)O)ccc1Cl. The summed E-state index contributed by atoms with van der Waals surface area (Å²) in [5.41, 5.74) is 1.26. The van der Waals surface area contributed by atoms with Gasteiger partial charge < -0.3 is 15.7 Å². The summed E-state index contributed by atoms with van der Waals surface area (Å²) in [6.07, 6.45) is 0. The van der Waals surface area contributed by atoms with E-state index in [9.17, 15) is 9.59 Å². The second kappa shape index (κ2) is 6.76. The number of anilines is 1. The lowest BCUT2D eigenvalue weighted by molar-refractivity contribution is 0.0697. The number of hydrogen-bond acceptors (Lipinski definition) is 2. The lowest BCUT2D eigenvalue weighted by atomic mass is 10.2. The zero-order valence-electron chi connectivity index (χ0n) is 11.0. The Kier molecular flexibility index (Phi) is 4.79. The molecule has 2 amide bonds. The van der Waals surface area contributed by atoms with Crippen molar-refractivity contribution in [3.05, 3.63) is 64.7 Å². The van der Waals surface area contributed by atoms with Gasteiger partial charge in [0.15, 0.2) is 0 Å². The molecule has 0 spiro atoms. The molecule has 21 heavy (non-hydrogen) atoms. The van der Waals surface area contributed by atoms with E-state index in [0.717, 1.165) is 5.56 Å². The summed E-state index contributed by atoms with van der Waals surface area (Å²) in [6.45, 7) is 0.364. The van der Waals surface area contributed by atoms with E-state index in [-0.39, 0.29) is 16.3 Å². The quantitative estimate of drug-likeness (QED) is 0.810. The van der Waals surface area contributed by atoms with Crippen LogP contribution in [0.1, 0.15) is 15.9 Å². The number of urea groups is 1. The van der Waals surface area contributed by atoms with Crippen LogP contribution in [0.15, 0.2) is 48.5 Å². The van der Waals surface area contributed by atoms with E-state index in [0.29, 0.717) is 6.54 Å². The molecule has 5 nitrogen and oxygen atoms in total. The van der Waals surface area contributed by atoms with Crippen LogP contribution in [0.25, 0.3) is 0 Å². The highest BCUT2D eigenvalue weighted by atomic mass is 35.5. The number of carboxylic acid groups (broad SMARTS) is 1. The Morgan fingerprint density at radius 1 is 1.10 bits per heavy atom. The van der Waals surface area contributed by atoms with Crippen molar-refractivity contribution in [1.29, 1.82) is 0 Å². The van der Waals surface area contributed by atoms with Crippen LogP contribution in [0.3, 0.4) is 0 Å². The monoisotopic (exact) mass is 304 g/mol. The number of aromatic carboxylic acids is 1. The molecule has 2 aromatic carbocycles. The van der Waals surface area contributed by atoms with Gasteiger partial charge in [0.25, 0.3) is 0 Å². The molecule has 0 aliphatic carbocycles. The van der Waals surface area contributed by atoms with Crippen LogP contribution < -0.4 is 10.6 Å². The van der Waals surface area contributed by atoms with Gasteiger partial charge in [0.1, 0.15) is 0 Å². The van der Waals surface area contributed by atoms with Crippen molar-refractivity contribution in [1.82, 2.24) is 5.32 Å².